The van der Waals surface area contributed by atoms with E-state index in [0.717, 1.165) is 35.3 Å². The summed E-state index contributed by atoms with van der Waals surface area (Å²) in [6.07, 6.45) is 11.1. The van der Waals surface area contributed by atoms with Crippen LogP contribution in [0, 0.1) is 5.82 Å². The first-order valence-electron chi connectivity index (χ1n) is 12.8. The highest BCUT2D eigenvalue weighted by atomic mass is 19.1. The zero-order chi connectivity index (χ0) is 23.5. The van der Waals surface area contributed by atoms with Gasteiger partial charge in [0.1, 0.15) is 11.6 Å². The molecule has 0 heterocycles. The second-order valence-electron chi connectivity index (χ2n) is 9.15. The maximum Gasteiger partial charge on any atom is 0.131 e. The standard InChI is InChI=1S/C31H39FO/c1-4-6-8-10-11-24(3)33-29-20-17-27(18-21-29)30-22-19-28(23-31(30)32)26-15-13-25(14-16-26)12-9-7-5-2/h13-24H,4-12H2,1-3H3/t24-/m1/s1. The van der Waals surface area contributed by atoms with Gasteiger partial charge in [-0.25, -0.2) is 4.39 Å². The number of aryl methyl sites for hydroxylation is 1. The van der Waals surface area contributed by atoms with Gasteiger partial charge in [-0.05, 0) is 73.1 Å². The van der Waals surface area contributed by atoms with Gasteiger partial charge in [0.15, 0.2) is 0 Å². The van der Waals surface area contributed by atoms with E-state index in [4.69, 9.17) is 4.74 Å². The van der Waals surface area contributed by atoms with Crippen molar-refractivity contribution < 1.29 is 9.13 Å². The van der Waals surface area contributed by atoms with E-state index in [-0.39, 0.29) is 11.9 Å². The van der Waals surface area contributed by atoms with Crippen LogP contribution in [0.25, 0.3) is 22.3 Å². The predicted molar refractivity (Wildman–Crippen MR) is 139 cm³/mol. The molecule has 0 unspecified atom stereocenters. The topological polar surface area (TPSA) is 9.23 Å². The molecule has 0 radical (unpaired) electrons. The molecule has 3 aromatic carbocycles. The van der Waals surface area contributed by atoms with E-state index in [1.807, 2.05) is 36.4 Å². The molecule has 0 spiro atoms. The molecule has 0 aliphatic carbocycles. The van der Waals surface area contributed by atoms with Crippen LogP contribution in [0.4, 0.5) is 4.39 Å². The molecule has 2 heteroatoms. The number of hydrogen-bond donors (Lipinski definition) is 0. The fraction of sp³-hybridized carbons (Fsp3) is 0.419. The first kappa shape index (κ1) is 25.0. The molecule has 0 fully saturated rings. The lowest BCUT2D eigenvalue weighted by atomic mass is 9.98. The summed E-state index contributed by atoms with van der Waals surface area (Å²) in [7, 11) is 0. The molecule has 0 amide bonds. The molecule has 1 nitrogen and oxygen atoms in total. The maximum absolute atomic E-state index is 15.0. The molecule has 176 valence electrons. The summed E-state index contributed by atoms with van der Waals surface area (Å²) in [5.41, 5.74) is 4.80. The molecule has 0 aliphatic rings. The SMILES string of the molecule is CCCCCC[C@@H](C)Oc1ccc(-c2ccc(-c3ccc(CCCCC)cc3)cc2F)cc1. The minimum absolute atomic E-state index is 0.196. The molecule has 0 N–H and O–H groups in total. The van der Waals surface area contributed by atoms with Crippen molar-refractivity contribution in [2.75, 3.05) is 0 Å². The monoisotopic (exact) mass is 446 g/mol. The number of hydrogen-bond acceptors (Lipinski definition) is 1. The van der Waals surface area contributed by atoms with Crippen molar-refractivity contribution in [1.29, 1.82) is 0 Å². The Morgan fingerprint density at radius 1 is 0.697 bits per heavy atom. The van der Waals surface area contributed by atoms with Gasteiger partial charge in [-0.15, -0.1) is 0 Å². The average Bonchev–Trinajstić information content (AvgIpc) is 2.83. The van der Waals surface area contributed by atoms with Gasteiger partial charge in [0, 0.05) is 5.56 Å². The molecule has 3 rings (SSSR count). The van der Waals surface area contributed by atoms with Gasteiger partial charge in [-0.2, -0.15) is 0 Å². The molecule has 3 aromatic rings. The highest BCUT2D eigenvalue weighted by molar-refractivity contribution is 5.71. The number of rotatable bonds is 13. The maximum atomic E-state index is 15.0. The first-order valence-corrected chi connectivity index (χ1v) is 12.8. The van der Waals surface area contributed by atoms with Gasteiger partial charge in [-0.3, -0.25) is 0 Å². The van der Waals surface area contributed by atoms with Gasteiger partial charge in [0.05, 0.1) is 6.10 Å². The normalized spacial score (nSPS) is 12.0. The van der Waals surface area contributed by atoms with Crippen LogP contribution in [0.2, 0.25) is 0 Å². The molecule has 0 aromatic heterocycles. The summed E-state index contributed by atoms with van der Waals surface area (Å²) < 4.78 is 21.0. The Morgan fingerprint density at radius 3 is 2.00 bits per heavy atom. The Hall–Kier alpha value is -2.61. The predicted octanol–water partition coefficient (Wildman–Crippen LogP) is 9.63. The van der Waals surface area contributed by atoms with E-state index in [2.05, 4.69) is 45.0 Å². The van der Waals surface area contributed by atoms with Gasteiger partial charge in [-0.1, -0.05) is 94.5 Å². The summed E-state index contributed by atoms with van der Waals surface area (Å²) in [5.74, 6) is 0.648. The molecule has 33 heavy (non-hydrogen) atoms. The largest absolute Gasteiger partial charge is 0.491 e. The lowest BCUT2D eigenvalue weighted by molar-refractivity contribution is 0.206. The van der Waals surface area contributed by atoms with E-state index < -0.39 is 0 Å². The second kappa shape index (κ2) is 13.2. The van der Waals surface area contributed by atoms with Gasteiger partial charge in [0.2, 0.25) is 0 Å². The Labute approximate surface area is 200 Å². The lowest BCUT2D eigenvalue weighted by Gasteiger charge is -2.15. The second-order valence-corrected chi connectivity index (χ2v) is 9.15. The third-order valence-electron chi connectivity index (χ3n) is 6.29. The van der Waals surface area contributed by atoms with Gasteiger partial charge in [0.25, 0.3) is 0 Å². The van der Waals surface area contributed by atoms with E-state index in [0.29, 0.717) is 5.56 Å². The van der Waals surface area contributed by atoms with Crippen LogP contribution in [-0.2, 0) is 6.42 Å². The fourth-order valence-electron chi connectivity index (χ4n) is 4.23. The Bertz CT molecular complexity index is 959. The van der Waals surface area contributed by atoms with Crippen LogP contribution in [0.3, 0.4) is 0 Å². The summed E-state index contributed by atoms with van der Waals surface area (Å²) in [6, 6.07) is 21.9. The Morgan fingerprint density at radius 2 is 1.33 bits per heavy atom. The van der Waals surface area contributed by atoms with Crippen molar-refractivity contribution in [2.45, 2.75) is 84.7 Å². The Balaban J connectivity index is 1.61. The minimum Gasteiger partial charge on any atom is -0.491 e. The van der Waals surface area contributed by atoms with Crippen molar-refractivity contribution >= 4 is 0 Å². The quantitative estimate of drug-likeness (QED) is 0.237. The van der Waals surface area contributed by atoms with Crippen molar-refractivity contribution in [1.82, 2.24) is 0 Å². The fourth-order valence-corrected chi connectivity index (χ4v) is 4.23. The van der Waals surface area contributed by atoms with Crippen LogP contribution in [-0.4, -0.2) is 6.10 Å². The molecule has 0 saturated carbocycles. The third-order valence-corrected chi connectivity index (χ3v) is 6.29. The third kappa shape index (κ3) is 7.74. The van der Waals surface area contributed by atoms with Crippen molar-refractivity contribution in [3.63, 3.8) is 0 Å². The average molecular weight is 447 g/mol. The van der Waals surface area contributed by atoms with E-state index in [1.54, 1.807) is 6.07 Å². The summed E-state index contributed by atoms with van der Waals surface area (Å²) in [6.45, 7) is 6.57. The molecule has 0 aliphatic heterocycles. The smallest absolute Gasteiger partial charge is 0.131 e. The lowest BCUT2D eigenvalue weighted by Crippen LogP contribution is -2.11. The van der Waals surface area contributed by atoms with Crippen LogP contribution < -0.4 is 4.74 Å². The van der Waals surface area contributed by atoms with Crippen molar-refractivity contribution in [3.05, 3.63) is 78.1 Å². The number of halogens is 1. The zero-order valence-electron chi connectivity index (χ0n) is 20.6. The van der Waals surface area contributed by atoms with Crippen molar-refractivity contribution in [2.24, 2.45) is 0 Å². The number of benzene rings is 3. The van der Waals surface area contributed by atoms with E-state index in [1.165, 1.54) is 50.5 Å². The summed E-state index contributed by atoms with van der Waals surface area (Å²) in [4.78, 5) is 0. The minimum atomic E-state index is -0.197. The molecule has 0 saturated heterocycles. The summed E-state index contributed by atoms with van der Waals surface area (Å²) in [5, 5.41) is 0. The van der Waals surface area contributed by atoms with Crippen LogP contribution in [0.1, 0.15) is 77.7 Å². The summed E-state index contributed by atoms with van der Waals surface area (Å²) >= 11 is 0. The van der Waals surface area contributed by atoms with Crippen LogP contribution in [0.15, 0.2) is 66.7 Å². The van der Waals surface area contributed by atoms with E-state index >= 15 is 0 Å². The van der Waals surface area contributed by atoms with Crippen molar-refractivity contribution in [3.8, 4) is 28.0 Å². The zero-order valence-corrected chi connectivity index (χ0v) is 20.6. The molecular weight excluding hydrogens is 407 g/mol. The van der Waals surface area contributed by atoms with Crippen LogP contribution in [0.5, 0.6) is 5.75 Å². The number of ether oxygens (including phenoxy) is 1. The first-order chi connectivity index (χ1) is 16.1. The number of unbranched alkanes of at least 4 members (excludes halogenated alkanes) is 5. The van der Waals surface area contributed by atoms with Gasteiger partial charge >= 0.3 is 0 Å². The van der Waals surface area contributed by atoms with E-state index in [9.17, 15) is 4.39 Å². The molecule has 0 bridgehead atoms. The van der Waals surface area contributed by atoms with Crippen LogP contribution >= 0.6 is 0 Å². The highest BCUT2D eigenvalue weighted by Crippen LogP contribution is 2.30. The van der Waals surface area contributed by atoms with Gasteiger partial charge < -0.3 is 4.74 Å². The molecule has 1 atom stereocenters. The molecular formula is C31H39FO. The Kier molecular flexibility index (Phi) is 10.00. The highest BCUT2D eigenvalue weighted by Gasteiger charge is 2.09.